The fourth-order valence-electron chi connectivity index (χ4n) is 2.44. The lowest BCUT2D eigenvalue weighted by Crippen LogP contribution is -2.18. The number of carbonyl (C=O) groups excluding carboxylic acids is 1. The van der Waals surface area contributed by atoms with Crippen LogP contribution in [0.25, 0.3) is 0 Å². The van der Waals surface area contributed by atoms with Crippen LogP contribution in [0.4, 0.5) is 5.69 Å². The van der Waals surface area contributed by atoms with Gasteiger partial charge in [0.2, 0.25) is 0 Å². The molecule has 0 saturated heterocycles. The number of halogens is 1. The molecule has 0 aromatic heterocycles. The van der Waals surface area contributed by atoms with Gasteiger partial charge >= 0.3 is 0 Å². The van der Waals surface area contributed by atoms with E-state index in [1.807, 2.05) is 6.92 Å². The molecule has 148 valence electrons. The van der Waals surface area contributed by atoms with Gasteiger partial charge < -0.3 is 0 Å². The summed E-state index contributed by atoms with van der Waals surface area (Å²) in [6, 6.07) is 19.6. The van der Waals surface area contributed by atoms with Crippen molar-refractivity contribution in [1.29, 1.82) is 0 Å². The Morgan fingerprint density at radius 2 is 1.69 bits per heavy atom. The predicted molar refractivity (Wildman–Crippen MR) is 115 cm³/mol. The molecule has 0 heterocycles. The van der Waals surface area contributed by atoms with Crippen molar-refractivity contribution in [1.82, 2.24) is 5.43 Å². The number of rotatable bonds is 6. The van der Waals surface area contributed by atoms with E-state index >= 15 is 0 Å². The van der Waals surface area contributed by atoms with E-state index < -0.39 is 15.9 Å². The third kappa shape index (κ3) is 5.66. The highest BCUT2D eigenvalue weighted by Crippen LogP contribution is 2.17. The number of nitrogens with one attached hydrogen (secondary N) is 2. The van der Waals surface area contributed by atoms with Crippen LogP contribution in [0, 0.1) is 6.92 Å². The molecule has 0 unspecified atom stereocenters. The van der Waals surface area contributed by atoms with Crippen LogP contribution in [0.1, 0.15) is 21.5 Å². The van der Waals surface area contributed by atoms with E-state index in [2.05, 4.69) is 15.2 Å². The monoisotopic (exact) mass is 427 g/mol. The number of aryl methyl sites for hydroxylation is 1. The maximum absolute atomic E-state index is 12.4. The summed E-state index contributed by atoms with van der Waals surface area (Å²) >= 11 is 5.89. The molecular weight excluding hydrogens is 410 g/mol. The van der Waals surface area contributed by atoms with Gasteiger partial charge in [0.25, 0.3) is 15.9 Å². The molecular formula is C21H18ClN3O3S. The third-order valence-electron chi connectivity index (χ3n) is 3.96. The molecule has 0 aliphatic heterocycles. The number of sulfonamides is 1. The lowest BCUT2D eigenvalue weighted by Gasteiger charge is -2.09. The van der Waals surface area contributed by atoms with Crippen LogP contribution >= 0.6 is 11.6 Å². The number of anilines is 1. The minimum absolute atomic E-state index is 0.167. The van der Waals surface area contributed by atoms with Crippen molar-refractivity contribution in [3.8, 4) is 0 Å². The minimum atomic E-state index is -3.70. The van der Waals surface area contributed by atoms with Crippen molar-refractivity contribution in [2.24, 2.45) is 5.10 Å². The van der Waals surface area contributed by atoms with E-state index in [-0.39, 0.29) is 4.90 Å². The van der Waals surface area contributed by atoms with Gasteiger partial charge in [-0.1, -0.05) is 41.4 Å². The summed E-state index contributed by atoms with van der Waals surface area (Å²) in [5.41, 5.74) is 4.82. The van der Waals surface area contributed by atoms with Crippen LogP contribution in [0.15, 0.2) is 82.8 Å². The van der Waals surface area contributed by atoms with E-state index in [1.165, 1.54) is 42.6 Å². The van der Waals surface area contributed by atoms with Crippen LogP contribution < -0.4 is 10.1 Å². The van der Waals surface area contributed by atoms with E-state index in [4.69, 9.17) is 11.6 Å². The molecule has 0 aliphatic rings. The van der Waals surface area contributed by atoms with Crippen LogP contribution in [0.5, 0.6) is 0 Å². The summed E-state index contributed by atoms with van der Waals surface area (Å²) < 4.78 is 27.3. The number of benzene rings is 3. The Bertz CT molecular complexity index is 1140. The molecule has 0 radical (unpaired) electrons. The normalized spacial score (nSPS) is 11.4. The van der Waals surface area contributed by atoms with Crippen molar-refractivity contribution in [2.75, 3.05) is 4.72 Å². The molecule has 3 aromatic rings. The number of hydrazone groups is 1. The van der Waals surface area contributed by atoms with Gasteiger partial charge in [-0.3, -0.25) is 9.52 Å². The Kier molecular flexibility index (Phi) is 6.31. The summed E-state index contributed by atoms with van der Waals surface area (Å²) in [5.74, 6) is -0.420. The van der Waals surface area contributed by atoms with Gasteiger partial charge in [0.15, 0.2) is 0 Å². The quantitative estimate of drug-likeness (QED) is 0.456. The van der Waals surface area contributed by atoms with E-state index in [9.17, 15) is 13.2 Å². The average Bonchev–Trinajstić information content (AvgIpc) is 2.68. The van der Waals surface area contributed by atoms with Gasteiger partial charge in [-0.15, -0.1) is 0 Å². The van der Waals surface area contributed by atoms with Crippen molar-refractivity contribution in [3.05, 3.63) is 94.5 Å². The molecule has 0 spiro atoms. The van der Waals surface area contributed by atoms with Gasteiger partial charge in [0, 0.05) is 16.3 Å². The average molecular weight is 428 g/mol. The second kappa shape index (κ2) is 8.89. The summed E-state index contributed by atoms with van der Waals surface area (Å²) in [7, 11) is -3.70. The molecule has 0 saturated carbocycles. The summed E-state index contributed by atoms with van der Waals surface area (Å²) in [6.07, 6.45) is 1.48. The maximum Gasteiger partial charge on any atom is 0.271 e. The highest BCUT2D eigenvalue weighted by molar-refractivity contribution is 7.92. The Morgan fingerprint density at radius 1 is 1.00 bits per heavy atom. The Labute approximate surface area is 174 Å². The van der Waals surface area contributed by atoms with Gasteiger partial charge in [-0.05, 0) is 61.0 Å². The second-order valence-corrected chi connectivity index (χ2v) is 8.37. The Morgan fingerprint density at radius 3 is 2.34 bits per heavy atom. The molecule has 8 heteroatoms. The molecule has 0 aliphatic carbocycles. The lowest BCUT2D eigenvalue weighted by atomic mass is 10.2. The molecule has 3 rings (SSSR count). The third-order valence-corrected chi connectivity index (χ3v) is 5.59. The van der Waals surface area contributed by atoms with Crippen molar-refractivity contribution in [3.63, 3.8) is 0 Å². The Hall–Kier alpha value is -3.16. The maximum atomic E-state index is 12.4. The molecule has 1 amide bonds. The Balaban J connectivity index is 1.63. The van der Waals surface area contributed by atoms with Crippen molar-refractivity contribution >= 4 is 39.4 Å². The molecule has 2 N–H and O–H groups in total. The number of amides is 1. The number of nitrogens with zero attached hydrogens (tertiary/aromatic N) is 1. The number of hydrogen-bond donors (Lipinski definition) is 2. The molecule has 3 aromatic carbocycles. The minimum Gasteiger partial charge on any atom is -0.280 e. The zero-order valence-electron chi connectivity index (χ0n) is 15.5. The van der Waals surface area contributed by atoms with E-state index in [1.54, 1.807) is 36.4 Å². The van der Waals surface area contributed by atoms with Crippen LogP contribution in [-0.2, 0) is 10.0 Å². The van der Waals surface area contributed by atoms with Crippen LogP contribution in [0.2, 0.25) is 5.02 Å². The van der Waals surface area contributed by atoms with Gasteiger partial charge in [-0.2, -0.15) is 5.10 Å². The van der Waals surface area contributed by atoms with E-state index in [0.717, 1.165) is 11.1 Å². The van der Waals surface area contributed by atoms with Gasteiger partial charge in [0.05, 0.1) is 11.1 Å². The van der Waals surface area contributed by atoms with Crippen LogP contribution in [0.3, 0.4) is 0 Å². The van der Waals surface area contributed by atoms with Crippen molar-refractivity contribution < 1.29 is 13.2 Å². The summed E-state index contributed by atoms with van der Waals surface area (Å²) in [4.78, 5) is 12.3. The van der Waals surface area contributed by atoms with Gasteiger partial charge in [0.1, 0.15) is 0 Å². The molecule has 29 heavy (non-hydrogen) atoms. The smallest absolute Gasteiger partial charge is 0.271 e. The topological polar surface area (TPSA) is 87.6 Å². The standard InChI is InChI=1S/C21H18ClN3O3S/c1-15-5-11-20(12-6-15)29(27,28)25-19-9-7-17(8-10-19)21(26)24-23-14-16-3-2-4-18(22)13-16/h2-14,25H,1H3,(H,24,26)/b23-14-. The zero-order chi connectivity index (χ0) is 20.9. The largest absolute Gasteiger partial charge is 0.280 e. The van der Waals surface area contributed by atoms with Gasteiger partial charge in [-0.25, -0.2) is 13.8 Å². The summed E-state index contributed by atoms with van der Waals surface area (Å²) in [5, 5.41) is 4.47. The molecule has 0 bridgehead atoms. The molecule has 0 atom stereocenters. The van der Waals surface area contributed by atoms with Crippen molar-refractivity contribution in [2.45, 2.75) is 11.8 Å². The molecule has 0 fully saturated rings. The fraction of sp³-hybridized carbons (Fsp3) is 0.0476. The summed E-state index contributed by atoms with van der Waals surface area (Å²) in [6.45, 7) is 1.88. The predicted octanol–water partition coefficient (Wildman–Crippen LogP) is 4.21. The second-order valence-electron chi connectivity index (χ2n) is 6.25. The zero-order valence-corrected chi connectivity index (χ0v) is 17.0. The highest BCUT2D eigenvalue weighted by atomic mass is 35.5. The molecule has 6 nitrogen and oxygen atoms in total. The number of hydrogen-bond acceptors (Lipinski definition) is 4. The SMILES string of the molecule is Cc1ccc(S(=O)(=O)Nc2ccc(C(=O)N/N=C\c3cccc(Cl)c3)cc2)cc1. The highest BCUT2D eigenvalue weighted by Gasteiger charge is 2.14. The van der Waals surface area contributed by atoms with E-state index in [0.29, 0.717) is 16.3 Å². The first-order valence-corrected chi connectivity index (χ1v) is 10.5. The first-order valence-electron chi connectivity index (χ1n) is 8.62. The lowest BCUT2D eigenvalue weighted by molar-refractivity contribution is 0.0955. The van der Waals surface area contributed by atoms with Crippen LogP contribution in [-0.4, -0.2) is 20.5 Å². The number of carbonyl (C=O) groups is 1. The first kappa shape index (κ1) is 20.6. The first-order chi connectivity index (χ1) is 13.8. The fourth-order valence-corrected chi connectivity index (χ4v) is 3.70.